The van der Waals surface area contributed by atoms with Gasteiger partial charge >= 0.3 is 0 Å². The summed E-state index contributed by atoms with van der Waals surface area (Å²) in [6.45, 7) is 1.95. The lowest BCUT2D eigenvalue weighted by Gasteiger charge is -2.17. The van der Waals surface area contributed by atoms with Gasteiger partial charge in [0.1, 0.15) is 6.54 Å². The Morgan fingerprint density at radius 1 is 1.31 bits per heavy atom. The number of nitrogens with zero attached hydrogens (tertiary/aromatic N) is 2. The highest BCUT2D eigenvalue weighted by Gasteiger charge is 2.29. The van der Waals surface area contributed by atoms with Crippen LogP contribution in [0.1, 0.15) is 6.42 Å². The van der Waals surface area contributed by atoms with Gasteiger partial charge in [-0.25, -0.2) is 0 Å². The molecule has 2 amide bonds. The van der Waals surface area contributed by atoms with E-state index in [1.54, 1.807) is 19.1 Å². The number of carbonyl (C=O) groups is 2. The summed E-state index contributed by atoms with van der Waals surface area (Å²) in [6, 6.07) is 0. The molecule has 0 N–H and O–H groups in total. The SMILES string of the molecule is COCCC(=O)N1CC(=O)N(CCOC)C1. The van der Waals surface area contributed by atoms with Crippen molar-refractivity contribution in [1.82, 2.24) is 9.80 Å². The highest BCUT2D eigenvalue weighted by atomic mass is 16.5. The number of methoxy groups -OCH3 is 2. The van der Waals surface area contributed by atoms with Crippen LogP contribution in [-0.2, 0) is 19.1 Å². The van der Waals surface area contributed by atoms with Gasteiger partial charge in [0.2, 0.25) is 11.8 Å². The molecule has 1 fully saturated rings. The standard InChI is InChI=1S/C10H18N2O4/c1-15-5-3-9(13)12-7-10(14)11(8-12)4-6-16-2/h3-8H2,1-2H3. The molecule has 1 aliphatic rings. The summed E-state index contributed by atoms with van der Waals surface area (Å²) < 4.78 is 9.72. The van der Waals surface area contributed by atoms with Crippen molar-refractivity contribution in [2.24, 2.45) is 0 Å². The molecule has 0 radical (unpaired) electrons. The van der Waals surface area contributed by atoms with E-state index in [-0.39, 0.29) is 18.4 Å². The molecular weight excluding hydrogens is 212 g/mol. The van der Waals surface area contributed by atoms with E-state index in [0.29, 0.717) is 32.8 Å². The zero-order valence-electron chi connectivity index (χ0n) is 9.77. The van der Waals surface area contributed by atoms with Crippen LogP contribution in [0.3, 0.4) is 0 Å². The number of carbonyl (C=O) groups excluding carboxylic acids is 2. The Balaban J connectivity index is 2.36. The molecule has 0 saturated carbocycles. The molecule has 1 heterocycles. The van der Waals surface area contributed by atoms with Crippen LogP contribution in [-0.4, -0.2) is 68.8 Å². The molecule has 1 aliphatic heterocycles. The minimum absolute atomic E-state index is 0.0252. The first-order valence-electron chi connectivity index (χ1n) is 5.22. The fraction of sp³-hybridized carbons (Fsp3) is 0.800. The molecule has 16 heavy (non-hydrogen) atoms. The minimum atomic E-state index is -0.0462. The van der Waals surface area contributed by atoms with Gasteiger partial charge in [0, 0.05) is 20.8 Å². The number of ether oxygens (including phenoxy) is 2. The van der Waals surface area contributed by atoms with Crippen LogP contribution in [0.5, 0.6) is 0 Å². The predicted molar refractivity (Wildman–Crippen MR) is 56.7 cm³/mol. The Morgan fingerprint density at radius 3 is 2.62 bits per heavy atom. The highest BCUT2D eigenvalue weighted by molar-refractivity contribution is 5.87. The van der Waals surface area contributed by atoms with Gasteiger partial charge in [-0.15, -0.1) is 0 Å². The third-order valence-corrected chi connectivity index (χ3v) is 2.46. The molecule has 0 atom stereocenters. The number of hydrogen-bond donors (Lipinski definition) is 0. The minimum Gasteiger partial charge on any atom is -0.384 e. The van der Waals surface area contributed by atoms with E-state index in [1.165, 1.54) is 4.90 Å². The highest BCUT2D eigenvalue weighted by Crippen LogP contribution is 2.07. The van der Waals surface area contributed by atoms with Crippen molar-refractivity contribution in [3.05, 3.63) is 0 Å². The van der Waals surface area contributed by atoms with Crippen molar-refractivity contribution in [2.75, 3.05) is 47.2 Å². The molecular formula is C10H18N2O4. The summed E-state index contributed by atoms with van der Waals surface area (Å²) in [4.78, 5) is 26.3. The van der Waals surface area contributed by atoms with Gasteiger partial charge < -0.3 is 19.3 Å². The first kappa shape index (κ1) is 12.9. The van der Waals surface area contributed by atoms with Gasteiger partial charge in [-0.1, -0.05) is 0 Å². The second-order valence-electron chi connectivity index (χ2n) is 3.63. The second-order valence-corrected chi connectivity index (χ2v) is 3.63. The van der Waals surface area contributed by atoms with Crippen LogP contribution < -0.4 is 0 Å². The third-order valence-electron chi connectivity index (χ3n) is 2.46. The Labute approximate surface area is 95.1 Å². The summed E-state index contributed by atoms with van der Waals surface area (Å²) >= 11 is 0. The van der Waals surface area contributed by atoms with E-state index in [9.17, 15) is 9.59 Å². The summed E-state index contributed by atoms with van der Waals surface area (Å²) in [5, 5.41) is 0. The van der Waals surface area contributed by atoms with E-state index < -0.39 is 0 Å². The summed E-state index contributed by atoms with van der Waals surface area (Å²) in [6.07, 6.45) is 0.321. The molecule has 0 aliphatic carbocycles. The molecule has 0 unspecified atom stereocenters. The van der Waals surface area contributed by atoms with Crippen molar-refractivity contribution in [2.45, 2.75) is 6.42 Å². The first-order valence-corrected chi connectivity index (χ1v) is 5.22. The zero-order valence-corrected chi connectivity index (χ0v) is 9.77. The molecule has 1 rings (SSSR count). The molecule has 0 aromatic heterocycles. The number of amides is 2. The lowest BCUT2D eigenvalue weighted by atomic mass is 10.4. The molecule has 6 heteroatoms. The van der Waals surface area contributed by atoms with Crippen LogP contribution in [0.2, 0.25) is 0 Å². The van der Waals surface area contributed by atoms with Crippen LogP contribution >= 0.6 is 0 Å². The molecule has 0 aromatic rings. The maximum Gasteiger partial charge on any atom is 0.243 e. The fourth-order valence-corrected chi connectivity index (χ4v) is 1.51. The zero-order chi connectivity index (χ0) is 12.0. The summed E-state index contributed by atoms with van der Waals surface area (Å²) in [7, 11) is 3.13. The van der Waals surface area contributed by atoms with Gasteiger partial charge in [-0.05, 0) is 0 Å². The predicted octanol–water partition coefficient (Wildman–Crippen LogP) is -0.702. The van der Waals surface area contributed by atoms with E-state index in [0.717, 1.165) is 0 Å². The molecule has 6 nitrogen and oxygen atoms in total. The maximum atomic E-state index is 11.6. The third kappa shape index (κ3) is 3.46. The molecule has 0 bridgehead atoms. The van der Waals surface area contributed by atoms with Gasteiger partial charge in [0.25, 0.3) is 0 Å². The van der Waals surface area contributed by atoms with Crippen LogP contribution in [0, 0.1) is 0 Å². The van der Waals surface area contributed by atoms with E-state index >= 15 is 0 Å². The van der Waals surface area contributed by atoms with Crippen LogP contribution in [0.4, 0.5) is 0 Å². The Morgan fingerprint density at radius 2 is 2.00 bits per heavy atom. The van der Waals surface area contributed by atoms with Crippen molar-refractivity contribution in [3.63, 3.8) is 0 Å². The van der Waals surface area contributed by atoms with Crippen molar-refractivity contribution in [1.29, 1.82) is 0 Å². The van der Waals surface area contributed by atoms with Crippen LogP contribution in [0.15, 0.2) is 0 Å². The van der Waals surface area contributed by atoms with Gasteiger partial charge in [-0.2, -0.15) is 0 Å². The second kappa shape index (κ2) is 6.44. The molecule has 1 saturated heterocycles. The number of hydrogen-bond acceptors (Lipinski definition) is 4. The first-order chi connectivity index (χ1) is 7.69. The lowest BCUT2D eigenvalue weighted by Crippen LogP contribution is -2.33. The van der Waals surface area contributed by atoms with E-state index in [2.05, 4.69) is 0 Å². The van der Waals surface area contributed by atoms with Crippen molar-refractivity contribution >= 4 is 11.8 Å². The lowest BCUT2D eigenvalue weighted by molar-refractivity contribution is -0.132. The largest absolute Gasteiger partial charge is 0.384 e. The summed E-state index contributed by atoms with van der Waals surface area (Å²) in [5.41, 5.74) is 0. The van der Waals surface area contributed by atoms with E-state index in [4.69, 9.17) is 9.47 Å². The van der Waals surface area contributed by atoms with Crippen molar-refractivity contribution in [3.8, 4) is 0 Å². The molecule has 92 valence electrons. The van der Waals surface area contributed by atoms with Gasteiger partial charge in [0.15, 0.2) is 0 Å². The number of rotatable bonds is 6. The van der Waals surface area contributed by atoms with Crippen LogP contribution in [0.25, 0.3) is 0 Å². The smallest absolute Gasteiger partial charge is 0.243 e. The van der Waals surface area contributed by atoms with Gasteiger partial charge in [-0.3, -0.25) is 9.59 Å². The topological polar surface area (TPSA) is 59.1 Å². The van der Waals surface area contributed by atoms with Gasteiger partial charge in [0.05, 0.1) is 26.3 Å². The summed E-state index contributed by atoms with van der Waals surface area (Å²) in [5.74, 6) is -0.0714. The Kier molecular flexibility index (Phi) is 5.21. The Hall–Kier alpha value is -1.14. The molecule has 0 aromatic carbocycles. The fourth-order valence-electron chi connectivity index (χ4n) is 1.51. The average molecular weight is 230 g/mol. The van der Waals surface area contributed by atoms with Crippen molar-refractivity contribution < 1.29 is 19.1 Å². The Bertz CT molecular complexity index is 257. The quantitative estimate of drug-likeness (QED) is 0.605. The maximum absolute atomic E-state index is 11.6. The monoisotopic (exact) mass is 230 g/mol. The average Bonchev–Trinajstić information content (AvgIpc) is 2.65. The molecule has 0 spiro atoms. The van der Waals surface area contributed by atoms with E-state index in [1.807, 2.05) is 0 Å². The normalized spacial score (nSPS) is 16.0.